The van der Waals surface area contributed by atoms with Gasteiger partial charge in [-0.1, -0.05) is 102 Å². The van der Waals surface area contributed by atoms with E-state index in [0.29, 0.717) is 12.2 Å². The summed E-state index contributed by atoms with van der Waals surface area (Å²) in [6.07, 6.45) is 21.2. The Bertz CT molecular complexity index is 212. The molecule has 0 saturated heterocycles. The van der Waals surface area contributed by atoms with Crippen LogP contribution >= 0.6 is 0 Å². The van der Waals surface area contributed by atoms with Crippen LogP contribution < -0.4 is 0 Å². The molecule has 2 nitrogen and oxygen atoms in total. The zero-order valence-electron chi connectivity index (χ0n) is 15.7. The molecule has 1 N–H and O–H groups in total. The first kappa shape index (κ1) is 23.3. The topological polar surface area (TPSA) is 43.3 Å². The minimum atomic E-state index is -0.697. The van der Waals surface area contributed by atoms with Crippen molar-refractivity contribution >= 4 is 11.2 Å². The van der Waals surface area contributed by atoms with Crippen molar-refractivity contribution < 1.29 is 9.66 Å². The first-order valence-corrected chi connectivity index (χ1v) is 11.8. The van der Waals surface area contributed by atoms with Gasteiger partial charge in [-0.05, 0) is 12.8 Å². The van der Waals surface area contributed by atoms with Gasteiger partial charge in [-0.25, -0.2) is 0 Å². The van der Waals surface area contributed by atoms with E-state index in [9.17, 15) is 4.55 Å². The maximum absolute atomic E-state index is 11.5. The van der Waals surface area contributed by atoms with E-state index in [4.69, 9.17) is 5.11 Å². The SMILES string of the molecule is CCCCCCCCCCCCCCCCC[S+]([O-])CCCO. The Morgan fingerprint density at radius 3 is 1.30 bits per heavy atom. The fraction of sp³-hybridized carbons (Fsp3) is 1.00. The largest absolute Gasteiger partial charge is 0.616 e. The Kier molecular flexibility index (Phi) is 20.6. The summed E-state index contributed by atoms with van der Waals surface area (Å²) >= 11 is -0.697. The van der Waals surface area contributed by atoms with Gasteiger partial charge in [0, 0.05) is 13.0 Å². The fourth-order valence-corrected chi connectivity index (χ4v) is 4.14. The van der Waals surface area contributed by atoms with Crippen LogP contribution in [0.2, 0.25) is 0 Å². The third kappa shape index (κ3) is 20.2. The van der Waals surface area contributed by atoms with E-state index in [-0.39, 0.29) is 6.61 Å². The smallest absolute Gasteiger partial charge is 0.107 e. The van der Waals surface area contributed by atoms with Crippen LogP contribution in [0.3, 0.4) is 0 Å². The molecule has 23 heavy (non-hydrogen) atoms. The molecule has 0 aromatic rings. The van der Waals surface area contributed by atoms with E-state index < -0.39 is 11.2 Å². The van der Waals surface area contributed by atoms with Crippen molar-refractivity contribution in [1.82, 2.24) is 0 Å². The monoisotopic (exact) mass is 346 g/mol. The Morgan fingerprint density at radius 2 is 0.913 bits per heavy atom. The average molecular weight is 347 g/mol. The highest BCUT2D eigenvalue weighted by atomic mass is 32.2. The highest BCUT2D eigenvalue weighted by Crippen LogP contribution is 2.13. The van der Waals surface area contributed by atoms with Gasteiger partial charge in [-0.15, -0.1) is 0 Å². The van der Waals surface area contributed by atoms with Crippen molar-refractivity contribution in [2.45, 2.75) is 110 Å². The molecule has 0 aliphatic carbocycles. The summed E-state index contributed by atoms with van der Waals surface area (Å²) in [7, 11) is 0. The molecule has 0 heterocycles. The molecule has 0 rings (SSSR count). The van der Waals surface area contributed by atoms with E-state index in [2.05, 4.69) is 6.92 Å². The highest BCUT2D eigenvalue weighted by Gasteiger charge is 2.04. The average Bonchev–Trinajstić information content (AvgIpc) is 2.56. The van der Waals surface area contributed by atoms with Crippen LogP contribution in [0, 0.1) is 0 Å². The lowest BCUT2D eigenvalue weighted by Gasteiger charge is -2.09. The highest BCUT2D eigenvalue weighted by molar-refractivity contribution is 7.91. The Labute approximate surface area is 149 Å². The summed E-state index contributed by atoms with van der Waals surface area (Å²) in [6.45, 7) is 2.45. The van der Waals surface area contributed by atoms with Gasteiger partial charge in [0.15, 0.2) is 0 Å². The van der Waals surface area contributed by atoms with E-state index in [1.165, 1.54) is 89.9 Å². The lowest BCUT2D eigenvalue weighted by atomic mass is 10.0. The molecule has 0 fully saturated rings. The summed E-state index contributed by atoms with van der Waals surface area (Å²) in [5, 5.41) is 8.68. The van der Waals surface area contributed by atoms with Crippen molar-refractivity contribution in [3.05, 3.63) is 0 Å². The molecule has 0 radical (unpaired) electrons. The first-order valence-electron chi connectivity index (χ1n) is 10.3. The second-order valence-corrected chi connectivity index (χ2v) is 8.57. The van der Waals surface area contributed by atoms with E-state index in [1.807, 2.05) is 0 Å². The zero-order chi connectivity index (χ0) is 17.0. The van der Waals surface area contributed by atoms with Gasteiger partial charge in [0.1, 0.15) is 11.5 Å². The van der Waals surface area contributed by atoms with Crippen LogP contribution in [-0.2, 0) is 11.2 Å². The zero-order valence-corrected chi connectivity index (χ0v) is 16.5. The number of hydrogen-bond donors (Lipinski definition) is 1. The molecule has 0 aromatic heterocycles. The molecule has 0 amide bonds. The van der Waals surface area contributed by atoms with Gasteiger partial charge in [-0.3, -0.25) is 0 Å². The van der Waals surface area contributed by atoms with Crippen molar-refractivity contribution in [1.29, 1.82) is 0 Å². The second-order valence-electron chi connectivity index (χ2n) is 6.87. The summed E-state index contributed by atoms with van der Waals surface area (Å²) in [5.41, 5.74) is 0. The molecule has 0 aromatic carbocycles. The molecule has 0 aliphatic heterocycles. The van der Waals surface area contributed by atoms with Crippen LogP contribution in [-0.4, -0.2) is 27.8 Å². The van der Waals surface area contributed by atoms with Gasteiger partial charge < -0.3 is 9.66 Å². The van der Waals surface area contributed by atoms with Crippen LogP contribution in [0.15, 0.2) is 0 Å². The standard InChI is InChI=1S/C20H42O2S/c1-2-3-4-5-6-7-8-9-10-11-12-13-14-15-16-19-23(22)20-17-18-21/h21H,2-20H2,1H3. The lowest BCUT2D eigenvalue weighted by molar-refractivity contribution is 0.295. The molecule has 0 bridgehead atoms. The van der Waals surface area contributed by atoms with Crippen molar-refractivity contribution in [3.63, 3.8) is 0 Å². The van der Waals surface area contributed by atoms with Gasteiger partial charge in [0.2, 0.25) is 0 Å². The number of aliphatic hydroxyl groups excluding tert-OH is 1. The van der Waals surface area contributed by atoms with E-state index in [1.54, 1.807) is 0 Å². The van der Waals surface area contributed by atoms with Crippen LogP contribution in [0.1, 0.15) is 110 Å². The molecular weight excluding hydrogens is 304 g/mol. The number of hydrogen-bond acceptors (Lipinski definition) is 2. The van der Waals surface area contributed by atoms with Gasteiger partial charge in [0.25, 0.3) is 0 Å². The van der Waals surface area contributed by atoms with E-state index in [0.717, 1.165) is 12.2 Å². The van der Waals surface area contributed by atoms with Gasteiger partial charge >= 0.3 is 0 Å². The molecule has 140 valence electrons. The van der Waals surface area contributed by atoms with Crippen LogP contribution in [0.25, 0.3) is 0 Å². The minimum Gasteiger partial charge on any atom is -0.616 e. The van der Waals surface area contributed by atoms with Gasteiger partial charge in [-0.2, -0.15) is 0 Å². The number of rotatable bonds is 19. The number of aliphatic hydroxyl groups is 1. The minimum absolute atomic E-state index is 0.171. The van der Waals surface area contributed by atoms with Crippen molar-refractivity contribution in [3.8, 4) is 0 Å². The van der Waals surface area contributed by atoms with Crippen molar-refractivity contribution in [2.75, 3.05) is 18.1 Å². The van der Waals surface area contributed by atoms with Crippen LogP contribution in [0.5, 0.6) is 0 Å². The van der Waals surface area contributed by atoms with Gasteiger partial charge in [0.05, 0.1) is 0 Å². The Hall–Kier alpha value is 0.270. The molecular formula is C20H42O2S. The predicted octanol–water partition coefficient (Wildman–Crippen LogP) is 5.99. The first-order chi connectivity index (χ1) is 11.3. The molecule has 0 spiro atoms. The molecule has 1 atom stereocenters. The normalized spacial score (nSPS) is 12.7. The maximum atomic E-state index is 11.5. The van der Waals surface area contributed by atoms with E-state index >= 15 is 0 Å². The van der Waals surface area contributed by atoms with Crippen molar-refractivity contribution in [2.24, 2.45) is 0 Å². The predicted molar refractivity (Wildman–Crippen MR) is 105 cm³/mol. The second kappa shape index (κ2) is 20.3. The lowest BCUT2D eigenvalue weighted by Crippen LogP contribution is -2.12. The summed E-state index contributed by atoms with van der Waals surface area (Å²) in [6, 6.07) is 0. The summed E-state index contributed by atoms with van der Waals surface area (Å²) in [5.74, 6) is 1.51. The Balaban J connectivity index is 3.02. The summed E-state index contributed by atoms with van der Waals surface area (Å²) in [4.78, 5) is 0. The number of unbranched alkanes of at least 4 members (excludes halogenated alkanes) is 14. The molecule has 0 saturated carbocycles. The third-order valence-corrected chi connectivity index (χ3v) is 5.99. The fourth-order valence-electron chi connectivity index (χ4n) is 2.96. The summed E-state index contributed by atoms with van der Waals surface area (Å²) < 4.78 is 11.5. The molecule has 3 heteroatoms. The quantitative estimate of drug-likeness (QED) is 0.231. The molecule has 0 aliphatic rings. The van der Waals surface area contributed by atoms with Crippen LogP contribution in [0.4, 0.5) is 0 Å². The maximum Gasteiger partial charge on any atom is 0.107 e. The Morgan fingerprint density at radius 1 is 0.565 bits per heavy atom. The molecule has 1 unspecified atom stereocenters. The third-order valence-electron chi connectivity index (χ3n) is 4.51.